The second-order valence-corrected chi connectivity index (χ2v) is 7.13. The molecule has 0 bridgehead atoms. The maximum atomic E-state index is 12.1. The molecule has 1 aromatic carbocycles. The maximum Gasteiger partial charge on any atom is 0.244 e. The SMILES string of the molecule is CCCCC1CN(CCNC(=O)/C=C/c2ccncc2)Cc2ccccc2O1. The molecule has 1 aromatic heterocycles. The van der Waals surface area contributed by atoms with E-state index < -0.39 is 0 Å². The number of hydrogen-bond donors (Lipinski definition) is 1. The first-order valence-electron chi connectivity index (χ1n) is 10.1. The van der Waals surface area contributed by atoms with Crippen LogP contribution in [0.4, 0.5) is 0 Å². The van der Waals surface area contributed by atoms with E-state index in [0.29, 0.717) is 6.54 Å². The zero-order chi connectivity index (χ0) is 19.6. The Morgan fingerprint density at radius 1 is 1.29 bits per heavy atom. The number of pyridine rings is 1. The molecule has 1 N–H and O–H groups in total. The number of para-hydroxylation sites is 1. The Balaban J connectivity index is 1.52. The van der Waals surface area contributed by atoms with E-state index in [-0.39, 0.29) is 12.0 Å². The second-order valence-electron chi connectivity index (χ2n) is 7.13. The van der Waals surface area contributed by atoms with Crippen molar-refractivity contribution in [3.63, 3.8) is 0 Å². The van der Waals surface area contributed by atoms with Gasteiger partial charge in [-0.1, -0.05) is 31.5 Å². The number of fused-ring (bicyclic) bond motifs is 1. The summed E-state index contributed by atoms with van der Waals surface area (Å²) in [7, 11) is 0. The molecule has 0 radical (unpaired) electrons. The van der Waals surface area contributed by atoms with Crippen LogP contribution < -0.4 is 10.1 Å². The van der Waals surface area contributed by atoms with Crippen LogP contribution in [0.3, 0.4) is 0 Å². The number of ether oxygens (including phenoxy) is 1. The molecule has 0 aliphatic carbocycles. The minimum atomic E-state index is -0.0779. The predicted molar refractivity (Wildman–Crippen MR) is 112 cm³/mol. The topological polar surface area (TPSA) is 54.5 Å². The number of rotatable bonds is 8. The van der Waals surface area contributed by atoms with Crippen molar-refractivity contribution in [1.29, 1.82) is 0 Å². The van der Waals surface area contributed by atoms with Crippen LogP contribution >= 0.6 is 0 Å². The fraction of sp³-hybridized carbons (Fsp3) is 0.391. The Hall–Kier alpha value is -2.66. The average Bonchev–Trinajstić information content (AvgIpc) is 2.90. The fourth-order valence-corrected chi connectivity index (χ4v) is 3.35. The van der Waals surface area contributed by atoms with Crippen LogP contribution in [0, 0.1) is 0 Å². The van der Waals surface area contributed by atoms with Gasteiger partial charge in [0.05, 0.1) is 0 Å². The van der Waals surface area contributed by atoms with Crippen molar-refractivity contribution in [3.8, 4) is 5.75 Å². The van der Waals surface area contributed by atoms with E-state index in [1.165, 1.54) is 12.0 Å². The first-order valence-corrected chi connectivity index (χ1v) is 10.1. The summed E-state index contributed by atoms with van der Waals surface area (Å²) in [5.74, 6) is 0.918. The number of amides is 1. The third kappa shape index (κ3) is 6.20. The highest BCUT2D eigenvalue weighted by Gasteiger charge is 2.22. The van der Waals surface area contributed by atoms with Gasteiger partial charge in [0, 0.05) is 50.2 Å². The van der Waals surface area contributed by atoms with Gasteiger partial charge in [-0.05, 0) is 42.7 Å². The molecule has 0 spiro atoms. The third-order valence-electron chi connectivity index (χ3n) is 4.86. The molecular formula is C23H29N3O2. The largest absolute Gasteiger partial charge is 0.489 e. The molecule has 5 heteroatoms. The van der Waals surface area contributed by atoms with E-state index in [2.05, 4.69) is 40.3 Å². The van der Waals surface area contributed by atoms with Crippen LogP contribution in [-0.2, 0) is 11.3 Å². The summed E-state index contributed by atoms with van der Waals surface area (Å²) in [5, 5.41) is 2.98. The quantitative estimate of drug-likeness (QED) is 0.711. The van der Waals surface area contributed by atoms with Gasteiger partial charge < -0.3 is 10.1 Å². The molecule has 0 saturated heterocycles. The number of hydrogen-bond acceptors (Lipinski definition) is 4. The van der Waals surface area contributed by atoms with Crippen LogP contribution in [0.25, 0.3) is 6.08 Å². The van der Waals surface area contributed by atoms with Crippen LogP contribution in [-0.4, -0.2) is 41.5 Å². The van der Waals surface area contributed by atoms with Crippen molar-refractivity contribution in [1.82, 2.24) is 15.2 Å². The third-order valence-corrected chi connectivity index (χ3v) is 4.86. The van der Waals surface area contributed by atoms with Gasteiger partial charge in [0.2, 0.25) is 5.91 Å². The van der Waals surface area contributed by atoms with Gasteiger partial charge in [0.15, 0.2) is 0 Å². The van der Waals surface area contributed by atoms with Gasteiger partial charge in [0.25, 0.3) is 0 Å². The summed E-state index contributed by atoms with van der Waals surface area (Å²) < 4.78 is 6.26. The number of nitrogens with zero attached hydrogens (tertiary/aromatic N) is 2. The van der Waals surface area contributed by atoms with E-state index in [1.807, 2.05) is 18.2 Å². The van der Waals surface area contributed by atoms with Crippen molar-refractivity contribution < 1.29 is 9.53 Å². The highest BCUT2D eigenvalue weighted by Crippen LogP contribution is 2.26. The minimum Gasteiger partial charge on any atom is -0.489 e. The standard InChI is InChI=1S/C23H29N3O2/c1-2-3-7-21-18-26(17-20-6-4-5-8-22(20)28-21)16-15-25-23(27)10-9-19-11-13-24-14-12-19/h4-6,8-14,21H,2-3,7,15-18H2,1H3,(H,25,27)/b10-9+. The number of nitrogens with one attached hydrogen (secondary N) is 1. The molecule has 5 nitrogen and oxygen atoms in total. The van der Waals surface area contributed by atoms with E-state index in [9.17, 15) is 4.79 Å². The molecule has 1 aliphatic heterocycles. The van der Waals surface area contributed by atoms with E-state index in [1.54, 1.807) is 24.5 Å². The summed E-state index contributed by atoms with van der Waals surface area (Å²) in [6.07, 6.45) is 10.4. The Morgan fingerprint density at radius 3 is 2.93 bits per heavy atom. The first kappa shape index (κ1) is 20.1. The minimum absolute atomic E-state index is 0.0779. The van der Waals surface area contributed by atoms with Crippen LogP contribution in [0.15, 0.2) is 54.9 Å². The lowest BCUT2D eigenvalue weighted by Gasteiger charge is -2.23. The maximum absolute atomic E-state index is 12.1. The molecule has 0 saturated carbocycles. The van der Waals surface area contributed by atoms with Crippen molar-refractivity contribution in [2.24, 2.45) is 0 Å². The summed E-state index contributed by atoms with van der Waals surface area (Å²) in [4.78, 5) is 18.4. The van der Waals surface area contributed by atoms with Gasteiger partial charge in [-0.2, -0.15) is 0 Å². The van der Waals surface area contributed by atoms with Gasteiger partial charge in [-0.15, -0.1) is 0 Å². The molecule has 1 atom stereocenters. The lowest BCUT2D eigenvalue weighted by molar-refractivity contribution is -0.116. The van der Waals surface area contributed by atoms with Crippen LogP contribution in [0.2, 0.25) is 0 Å². The average molecular weight is 380 g/mol. The molecule has 0 fully saturated rings. The van der Waals surface area contributed by atoms with Crippen molar-refractivity contribution in [2.45, 2.75) is 38.8 Å². The number of aromatic nitrogens is 1. The van der Waals surface area contributed by atoms with E-state index in [4.69, 9.17) is 4.74 Å². The molecule has 2 aromatic rings. The zero-order valence-corrected chi connectivity index (χ0v) is 16.5. The normalized spacial score (nSPS) is 17.0. The highest BCUT2D eigenvalue weighted by molar-refractivity contribution is 5.91. The van der Waals surface area contributed by atoms with Crippen molar-refractivity contribution in [3.05, 3.63) is 66.0 Å². The first-order chi connectivity index (χ1) is 13.7. The van der Waals surface area contributed by atoms with E-state index in [0.717, 1.165) is 43.8 Å². The molecule has 1 amide bonds. The fourth-order valence-electron chi connectivity index (χ4n) is 3.35. The predicted octanol–water partition coefficient (Wildman–Crippen LogP) is 3.66. The molecule has 1 aliphatic rings. The van der Waals surface area contributed by atoms with Crippen molar-refractivity contribution in [2.75, 3.05) is 19.6 Å². The number of carbonyl (C=O) groups is 1. The lowest BCUT2D eigenvalue weighted by Crippen LogP contribution is -2.38. The number of unbranched alkanes of at least 4 members (excludes halogenated alkanes) is 1. The van der Waals surface area contributed by atoms with Crippen LogP contribution in [0.5, 0.6) is 5.75 Å². The summed E-state index contributed by atoms with van der Waals surface area (Å²) in [5.41, 5.74) is 2.18. The summed E-state index contributed by atoms with van der Waals surface area (Å²) >= 11 is 0. The molecule has 28 heavy (non-hydrogen) atoms. The second kappa shape index (κ2) is 10.6. The summed E-state index contributed by atoms with van der Waals surface area (Å²) in [6.45, 7) is 5.35. The number of carbonyl (C=O) groups excluding carboxylic acids is 1. The lowest BCUT2D eigenvalue weighted by atomic mass is 10.1. The molecule has 2 heterocycles. The molecule has 1 unspecified atom stereocenters. The van der Waals surface area contributed by atoms with Gasteiger partial charge in [-0.3, -0.25) is 14.7 Å². The smallest absolute Gasteiger partial charge is 0.244 e. The zero-order valence-electron chi connectivity index (χ0n) is 16.5. The highest BCUT2D eigenvalue weighted by atomic mass is 16.5. The van der Waals surface area contributed by atoms with E-state index >= 15 is 0 Å². The number of benzene rings is 1. The Labute approximate surface area is 167 Å². The summed E-state index contributed by atoms with van der Waals surface area (Å²) in [6, 6.07) is 12.0. The molecular weight excluding hydrogens is 350 g/mol. The van der Waals surface area contributed by atoms with Gasteiger partial charge in [-0.25, -0.2) is 0 Å². The van der Waals surface area contributed by atoms with Crippen LogP contribution in [0.1, 0.15) is 37.3 Å². The Morgan fingerprint density at radius 2 is 2.11 bits per heavy atom. The Kier molecular flexibility index (Phi) is 7.62. The van der Waals surface area contributed by atoms with Gasteiger partial charge >= 0.3 is 0 Å². The monoisotopic (exact) mass is 379 g/mol. The molecule has 148 valence electrons. The molecule has 3 rings (SSSR count). The van der Waals surface area contributed by atoms with Gasteiger partial charge in [0.1, 0.15) is 11.9 Å². The van der Waals surface area contributed by atoms with Crippen molar-refractivity contribution >= 4 is 12.0 Å². The Bertz CT molecular complexity index is 776.